The van der Waals surface area contributed by atoms with Crippen LogP contribution in [0.4, 0.5) is 5.69 Å². The van der Waals surface area contributed by atoms with Crippen LogP contribution in [0.15, 0.2) is 30.5 Å². The summed E-state index contributed by atoms with van der Waals surface area (Å²) in [6.07, 6.45) is 6.35. The molecule has 2 heterocycles. The Labute approximate surface area is 131 Å². The normalized spacial score (nSPS) is 11.1. The average molecular weight is 316 g/mol. The molecule has 3 aromatic rings. The van der Waals surface area contributed by atoms with Crippen LogP contribution in [0.25, 0.3) is 16.2 Å². The fraction of sp³-hybridized carbons (Fsp3) is 0.333. The SMILES string of the molecule is CCCCCc1nn2cc(-c3cccc([N+](=O)[O-])c3)nc2s1. The quantitative estimate of drug-likeness (QED) is 0.390. The van der Waals surface area contributed by atoms with E-state index in [1.54, 1.807) is 21.9 Å². The zero-order valence-electron chi connectivity index (χ0n) is 12.2. The third-order valence-electron chi connectivity index (χ3n) is 3.43. The monoisotopic (exact) mass is 316 g/mol. The minimum atomic E-state index is -0.397. The van der Waals surface area contributed by atoms with Crippen molar-refractivity contribution in [2.24, 2.45) is 0 Å². The van der Waals surface area contributed by atoms with Crippen LogP contribution in [0.5, 0.6) is 0 Å². The van der Waals surface area contributed by atoms with E-state index < -0.39 is 4.92 Å². The molecule has 3 rings (SSSR count). The number of hydrogen-bond acceptors (Lipinski definition) is 5. The fourth-order valence-electron chi connectivity index (χ4n) is 2.29. The molecule has 0 saturated carbocycles. The first-order valence-corrected chi connectivity index (χ1v) is 8.09. The van der Waals surface area contributed by atoms with Crippen molar-refractivity contribution < 1.29 is 4.92 Å². The van der Waals surface area contributed by atoms with E-state index >= 15 is 0 Å². The molecule has 0 aliphatic rings. The van der Waals surface area contributed by atoms with Crippen LogP contribution >= 0.6 is 11.3 Å². The van der Waals surface area contributed by atoms with Crippen LogP contribution in [-0.4, -0.2) is 19.5 Å². The Kier molecular flexibility index (Phi) is 4.15. The molecule has 6 nitrogen and oxygen atoms in total. The summed E-state index contributed by atoms with van der Waals surface area (Å²) in [4.78, 5) is 15.8. The van der Waals surface area contributed by atoms with Crippen LogP contribution in [0.1, 0.15) is 31.2 Å². The number of benzene rings is 1. The van der Waals surface area contributed by atoms with Gasteiger partial charge in [0.2, 0.25) is 4.96 Å². The predicted octanol–water partition coefficient (Wildman–Crippen LogP) is 4.10. The number of aryl methyl sites for hydroxylation is 1. The summed E-state index contributed by atoms with van der Waals surface area (Å²) < 4.78 is 1.76. The fourth-order valence-corrected chi connectivity index (χ4v) is 3.20. The van der Waals surface area contributed by atoms with E-state index in [0.717, 1.165) is 28.4 Å². The molecule has 0 saturated heterocycles. The molecule has 0 fully saturated rings. The molecule has 0 aliphatic heterocycles. The maximum atomic E-state index is 10.8. The molecule has 2 aromatic heterocycles. The number of imidazole rings is 1. The van der Waals surface area contributed by atoms with E-state index in [1.807, 2.05) is 12.3 Å². The van der Waals surface area contributed by atoms with E-state index in [1.165, 1.54) is 25.0 Å². The van der Waals surface area contributed by atoms with Gasteiger partial charge in [0, 0.05) is 24.1 Å². The lowest BCUT2D eigenvalue weighted by Crippen LogP contribution is -1.89. The molecule has 0 aliphatic carbocycles. The number of non-ortho nitro benzene ring substituents is 1. The lowest BCUT2D eigenvalue weighted by atomic mass is 10.1. The highest BCUT2D eigenvalue weighted by molar-refractivity contribution is 7.16. The van der Waals surface area contributed by atoms with E-state index in [0.29, 0.717) is 5.69 Å². The van der Waals surface area contributed by atoms with E-state index in [-0.39, 0.29) is 5.69 Å². The van der Waals surface area contributed by atoms with Gasteiger partial charge in [-0.1, -0.05) is 43.2 Å². The molecule has 0 radical (unpaired) electrons. The number of rotatable bonds is 6. The van der Waals surface area contributed by atoms with Crippen molar-refractivity contribution in [1.29, 1.82) is 0 Å². The largest absolute Gasteiger partial charge is 0.270 e. The second-order valence-corrected chi connectivity index (χ2v) is 6.15. The molecule has 0 amide bonds. The highest BCUT2D eigenvalue weighted by Crippen LogP contribution is 2.25. The van der Waals surface area contributed by atoms with Gasteiger partial charge in [-0.2, -0.15) is 5.10 Å². The van der Waals surface area contributed by atoms with Gasteiger partial charge in [-0.05, 0) is 6.42 Å². The molecule has 114 valence electrons. The molecular formula is C15H16N4O2S. The topological polar surface area (TPSA) is 73.3 Å². The zero-order chi connectivity index (χ0) is 15.5. The Morgan fingerprint density at radius 3 is 2.95 bits per heavy atom. The molecular weight excluding hydrogens is 300 g/mol. The van der Waals surface area contributed by atoms with Crippen LogP contribution in [0.3, 0.4) is 0 Å². The first-order chi connectivity index (χ1) is 10.7. The maximum absolute atomic E-state index is 10.8. The summed E-state index contributed by atoms with van der Waals surface area (Å²) >= 11 is 1.58. The average Bonchev–Trinajstić information content (AvgIpc) is 3.06. The van der Waals surface area contributed by atoms with E-state index in [9.17, 15) is 10.1 Å². The van der Waals surface area contributed by atoms with Gasteiger partial charge in [0.15, 0.2) is 0 Å². The van der Waals surface area contributed by atoms with Crippen molar-refractivity contribution in [2.75, 3.05) is 0 Å². The highest BCUT2D eigenvalue weighted by Gasteiger charge is 2.12. The number of fused-ring (bicyclic) bond motifs is 1. The third kappa shape index (κ3) is 2.99. The molecule has 0 atom stereocenters. The van der Waals surface area contributed by atoms with Crippen molar-refractivity contribution >= 4 is 22.0 Å². The minimum Gasteiger partial charge on any atom is -0.258 e. The Hall–Kier alpha value is -2.28. The molecule has 0 bridgehead atoms. The standard InChI is InChI=1S/C15H16N4O2S/c1-2-3-4-8-14-17-18-10-13(16-15(18)22-14)11-6-5-7-12(9-11)19(20)21/h5-7,9-10H,2-4,8H2,1H3. The van der Waals surface area contributed by atoms with Crippen molar-refractivity contribution in [2.45, 2.75) is 32.6 Å². The Balaban J connectivity index is 1.85. The Bertz CT molecular complexity index is 777. The minimum absolute atomic E-state index is 0.0714. The van der Waals surface area contributed by atoms with Gasteiger partial charge in [-0.3, -0.25) is 10.1 Å². The molecule has 22 heavy (non-hydrogen) atoms. The van der Waals surface area contributed by atoms with E-state index in [2.05, 4.69) is 17.0 Å². The Morgan fingerprint density at radius 1 is 1.36 bits per heavy atom. The molecule has 0 N–H and O–H groups in total. The molecule has 7 heteroatoms. The van der Waals surface area contributed by atoms with Crippen LogP contribution < -0.4 is 0 Å². The summed E-state index contributed by atoms with van der Waals surface area (Å²) in [5.41, 5.74) is 1.52. The zero-order valence-corrected chi connectivity index (χ0v) is 13.0. The summed E-state index contributed by atoms with van der Waals surface area (Å²) in [5, 5.41) is 16.5. The summed E-state index contributed by atoms with van der Waals surface area (Å²) in [7, 11) is 0. The first-order valence-electron chi connectivity index (χ1n) is 7.27. The highest BCUT2D eigenvalue weighted by atomic mass is 32.1. The Morgan fingerprint density at radius 2 is 2.23 bits per heavy atom. The van der Waals surface area contributed by atoms with Crippen molar-refractivity contribution in [3.63, 3.8) is 0 Å². The van der Waals surface area contributed by atoms with Crippen molar-refractivity contribution in [1.82, 2.24) is 14.6 Å². The van der Waals surface area contributed by atoms with Crippen LogP contribution in [0.2, 0.25) is 0 Å². The smallest absolute Gasteiger partial charge is 0.258 e. The summed E-state index contributed by atoms with van der Waals surface area (Å²) in [5.74, 6) is 0. The second kappa shape index (κ2) is 6.23. The molecule has 1 aromatic carbocycles. The van der Waals surface area contributed by atoms with Gasteiger partial charge in [-0.15, -0.1) is 0 Å². The van der Waals surface area contributed by atoms with Crippen molar-refractivity contribution in [3.8, 4) is 11.3 Å². The number of unbranched alkanes of at least 4 members (excludes halogenated alkanes) is 2. The van der Waals surface area contributed by atoms with Crippen molar-refractivity contribution in [3.05, 3.63) is 45.6 Å². The van der Waals surface area contributed by atoms with Gasteiger partial charge in [-0.25, -0.2) is 9.50 Å². The van der Waals surface area contributed by atoms with Gasteiger partial charge >= 0.3 is 0 Å². The number of hydrogen-bond donors (Lipinski definition) is 0. The molecule has 0 unspecified atom stereocenters. The maximum Gasteiger partial charge on any atom is 0.270 e. The number of nitrogens with zero attached hydrogens (tertiary/aromatic N) is 4. The lowest BCUT2D eigenvalue weighted by molar-refractivity contribution is -0.384. The number of aromatic nitrogens is 3. The van der Waals surface area contributed by atoms with Crippen LogP contribution in [0, 0.1) is 10.1 Å². The predicted molar refractivity (Wildman–Crippen MR) is 86.2 cm³/mol. The summed E-state index contributed by atoms with van der Waals surface area (Å²) in [6, 6.07) is 6.51. The number of nitro benzene ring substituents is 1. The number of nitro groups is 1. The van der Waals surface area contributed by atoms with Gasteiger partial charge in [0.1, 0.15) is 5.01 Å². The van der Waals surface area contributed by atoms with Gasteiger partial charge < -0.3 is 0 Å². The third-order valence-corrected chi connectivity index (χ3v) is 4.41. The lowest BCUT2D eigenvalue weighted by Gasteiger charge is -1.96. The molecule has 0 spiro atoms. The first kappa shape index (κ1) is 14.6. The van der Waals surface area contributed by atoms with E-state index in [4.69, 9.17) is 0 Å². The van der Waals surface area contributed by atoms with Crippen LogP contribution in [-0.2, 0) is 6.42 Å². The summed E-state index contributed by atoms with van der Waals surface area (Å²) in [6.45, 7) is 2.18. The van der Waals surface area contributed by atoms with Gasteiger partial charge in [0.25, 0.3) is 5.69 Å². The van der Waals surface area contributed by atoms with Gasteiger partial charge in [0.05, 0.1) is 16.8 Å². The second-order valence-electron chi connectivity index (χ2n) is 5.11.